The van der Waals surface area contributed by atoms with Gasteiger partial charge in [0.05, 0.1) is 16.8 Å². The van der Waals surface area contributed by atoms with Gasteiger partial charge in [-0.3, -0.25) is 9.78 Å². The van der Waals surface area contributed by atoms with Gasteiger partial charge in [0.15, 0.2) is 0 Å². The third-order valence-electron chi connectivity index (χ3n) is 4.37. The molecular weight excluding hydrogens is 427 g/mol. The van der Waals surface area contributed by atoms with Crippen molar-refractivity contribution < 1.29 is 18.0 Å². The van der Waals surface area contributed by atoms with Gasteiger partial charge in [-0.05, 0) is 48.5 Å². The number of halogens is 3. The highest BCUT2D eigenvalue weighted by molar-refractivity contribution is 7.98. The predicted octanol–water partition coefficient (Wildman–Crippen LogP) is 5.11. The number of pyridine rings is 1. The highest BCUT2D eigenvalue weighted by atomic mass is 32.2. The highest BCUT2D eigenvalue weighted by Crippen LogP contribution is 2.31. The van der Waals surface area contributed by atoms with Crippen LogP contribution in [0.1, 0.15) is 21.9 Å². The van der Waals surface area contributed by atoms with Gasteiger partial charge in [-0.2, -0.15) is 13.2 Å². The molecule has 4 aromatic rings. The highest BCUT2D eigenvalue weighted by Gasteiger charge is 2.32. The van der Waals surface area contributed by atoms with Gasteiger partial charge < -0.3 is 16.0 Å². The van der Waals surface area contributed by atoms with Crippen LogP contribution in [0.15, 0.2) is 65.7 Å². The number of aromatic amines is 1. The fourth-order valence-electron chi connectivity index (χ4n) is 2.93. The van der Waals surface area contributed by atoms with Crippen LogP contribution in [0, 0.1) is 0 Å². The second-order valence-electron chi connectivity index (χ2n) is 6.65. The zero-order chi connectivity index (χ0) is 22.0. The average molecular weight is 443 g/mol. The Balaban J connectivity index is 1.48. The summed E-state index contributed by atoms with van der Waals surface area (Å²) in [5.74, 6) is 0.503. The first-order chi connectivity index (χ1) is 14.8. The summed E-state index contributed by atoms with van der Waals surface area (Å²) in [6.07, 6.45) is -3.33. The molecule has 2 aromatic carbocycles. The van der Waals surface area contributed by atoms with E-state index in [9.17, 15) is 18.0 Å². The third-order valence-corrected chi connectivity index (χ3v) is 5.37. The molecule has 0 atom stereocenters. The van der Waals surface area contributed by atoms with E-state index < -0.39 is 17.8 Å². The minimum atomic E-state index is -4.48. The molecule has 0 unspecified atom stereocenters. The lowest BCUT2D eigenvalue weighted by Gasteiger charge is -2.07. The van der Waals surface area contributed by atoms with Crippen molar-refractivity contribution in [3.63, 3.8) is 0 Å². The summed E-state index contributed by atoms with van der Waals surface area (Å²) in [6, 6.07) is 14.9. The Kier molecular flexibility index (Phi) is 5.55. The standard InChI is InChI=1S/C21H16F3N5OS/c22-21(23,24)18-10-15(6-7-26-18)31-11-19-28-16-5-4-14(9-17(16)29-19)27-13-3-1-2-12(8-13)20(25)30/h1-10,27H,11H2,(H2,25,30)(H,28,29). The van der Waals surface area contributed by atoms with Crippen molar-refractivity contribution in [3.05, 3.63) is 77.9 Å². The van der Waals surface area contributed by atoms with Crippen LogP contribution < -0.4 is 11.1 Å². The van der Waals surface area contributed by atoms with Gasteiger partial charge in [0.1, 0.15) is 11.5 Å². The number of hydrogen-bond donors (Lipinski definition) is 3. The Morgan fingerprint density at radius 1 is 1.10 bits per heavy atom. The normalized spacial score (nSPS) is 11.6. The molecule has 0 saturated heterocycles. The molecule has 0 saturated carbocycles. The fourth-order valence-corrected chi connectivity index (χ4v) is 3.72. The number of carbonyl (C=O) groups excluding carboxylic acids is 1. The Labute approximate surface area is 179 Å². The molecule has 0 radical (unpaired) electrons. The van der Waals surface area contributed by atoms with Crippen LogP contribution in [0.4, 0.5) is 24.5 Å². The van der Waals surface area contributed by atoms with Gasteiger partial charge in [0.2, 0.25) is 5.91 Å². The number of H-pyrrole nitrogens is 1. The smallest absolute Gasteiger partial charge is 0.366 e. The summed E-state index contributed by atoms with van der Waals surface area (Å²) in [5, 5.41) is 3.20. The number of hydrogen-bond acceptors (Lipinski definition) is 5. The molecule has 4 rings (SSSR count). The molecule has 6 nitrogen and oxygen atoms in total. The van der Waals surface area contributed by atoms with Gasteiger partial charge >= 0.3 is 6.18 Å². The predicted molar refractivity (Wildman–Crippen MR) is 113 cm³/mol. The number of aromatic nitrogens is 3. The molecule has 31 heavy (non-hydrogen) atoms. The first kappa shape index (κ1) is 20.7. The van der Waals surface area contributed by atoms with E-state index in [2.05, 4.69) is 20.3 Å². The number of rotatable bonds is 6. The Morgan fingerprint density at radius 2 is 1.90 bits per heavy atom. The number of anilines is 2. The van der Waals surface area contributed by atoms with Crippen molar-refractivity contribution in [1.82, 2.24) is 15.0 Å². The second-order valence-corrected chi connectivity index (χ2v) is 7.70. The zero-order valence-corrected chi connectivity index (χ0v) is 16.7. The van der Waals surface area contributed by atoms with E-state index in [-0.39, 0.29) is 0 Å². The molecule has 0 spiro atoms. The average Bonchev–Trinajstić information content (AvgIpc) is 3.14. The van der Waals surface area contributed by atoms with Crippen LogP contribution in [0.3, 0.4) is 0 Å². The minimum Gasteiger partial charge on any atom is -0.366 e. The number of nitrogens with one attached hydrogen (secondary N) is 2. The van der Waals surface area contributed by atoms with Crippen LogP contribution in [0.5, 0.6) is 0 Å². The lowest BCUT2D eigenvalue weighted by Crippen LogP contribution is -2.10. The van der Waals surface area contributed by atoms with E-state index in [0.717, 1.165) is 23.5 Å². The van der Waals surface area contributed by atoms with Crippen molar-refractivity contribution in [2.24, 2.45) is 5.73 Å². The van der Waals surface area contributed by atoms with Gasteiger partial charge in [0.25, 0.3) is 0 Å². The van der Waals surface area contributed by atoms with Crippen molar-refractivity contribution in [1.29, 1.82) is 0 Å². The summed E-state index contributed by atoms with van der Waals surface area (Å²) in [5.41, 5.74) is 7.78. The monoisotopic (exact) mass is 443 g/mol. The summed E-state index contributed by atoms with van der Waals surface area (Å²) >= 11 is 1.24. The maximum atomic E-state index is 12.8. The number of carbonyl (C=O) groups is 1. The minimum absolute atomic E-state index is 0.374. The lowest BCUT2D eigenvalue weighted by molar-refractivity contribution is -0.141. The van der Waals surface area contributed by atoms with E-state index in [1.165, 1.54) is 17.8 Å². The fraction of sp³-hybridized carbons (Fsp3) is 0.0952. The van der Waals surface area contributed by atoms with Crippen LogP contribution in [0.2, 0.25) is 0 Å². The number of nitrogens with zero attached hydrogens (tertiary/aromatic N) is 2. The Morgan fingerprint density at radius 3 is 2.68 bits per heavy atom. The number of imidazole rings is 1. The summed E-state index contributed by atoms with van der Waals surface area (Å²) in [6.45, 7) is 0. The van der Waals surface area contributed by atoms with E-state index in [1.807, 2.05) is 24.3 Å². The van der Waals surface area contributed by atoms with Crippen LogP contribution in [-0.2, 0) is 11.9 Å². The van der Waals surface area contributed by atoms with Crippen molar-refractivity contribution in [2.75, 3.05) is 5.32 Å². The Bertz CT molecular complexity index is 1260. The maximum Gasteiger partial charge on any atom is 0.433 e. The number of primary amides is 1. The molecule has 0 aliphatic carbocycles. The molecule has 158 valence electrons. The van der Waals surface area contributed by atoms with Gasteiger partial charge in [-0.15, -0.1) is 11.8 Å². The number of fused-ring (bicyclic) bond motifs is 1. The second kappa shape index (κ2) is 8.31. The molecular formula is C21H16F3N5OS. The molecule has 0 aliphatic heterocycles. The number of benzene rings is 2. The third kappa shape index (κ3) is 4.97. The summed E-state index contributed by atoms with van der Waals surface area (Å²) < 4.78 is 38.4. The van der Waals surface area contributed by atoms with E-state index in [0.29, 0.717) is 33.2 Å². The SMILES string of the molecule is NC(=O)c1cccc(Nc2ccc3[nH]c(CSc4ccnc(C(F)(F)F)c4)nc3c2)c1. The molecule has 1 amide bonds. The molecule has 0 fully saturated rings. The maximum absolute atomic E-state index is 12.8. The molecule has 0 bridgehead atoms. The van der Waals surface area contributed by atoms with E-state index in [4.69, 9.17) is 5.73 Å². The molecule has 10 heteroatoms. The van der Waals surface area contributed by atoms with E-state index in [1.54, 1.807) is 18.2 Å². The lowest BCUT2D eigenvalue weighted by atomic mass is 10.2. The summed E-state index contributed by atoms with van der Waals surface area (Å²) in [4.78, 5) is 22.8. The van der Waals surface area contributed by atoms with Gasteiger partial charge in [-0.1, -0.05) is 6.07 Å². The molecule has 2 aromatic heterocycles. The van der Waals surface area contributed by atoms with Gasteiger partial charge in [-0.25, -0.2) is 4.98 Å². The Hall–Kier alpha value is -3.53. The van der Waals surface area contributed by atoms with Crippen molar-refractivity contribution in [3.8, 4) is 0 Å². The van der Waals surface area contributed by atoms with Crippen LogP contribution >= 0.6 is 11.8 Å². The van der Waals surface area contributed by atoms with Gasteiger partial charge in [0, 0.05) is 28.0 Å². The number of amides is 1. The van der Waals surface area contributed by atoms with Crippen LogP contribution in [-0.4, -0.2) is 20.9 Å². The molecule has 2 heterocycles. The first-order valence-corrected chi connectivity index (χ1v) is 10.1. The quantitative estimate of drug-likeness (QED) is 0.360. The molecule has 4 N–H and O–H groups in total. The summed E-state index contributed by atoms with van der Waals surface area (Å²) in [7, 11) is 0. The van der Waals surface area contributed by atoms with Crippen molar-refractivity contribution >= 4 is 40.1 Å². The number of nitrogens with two attached hydrogens (primary N) is 1. The van der Waals surface area contributed by atoms with Crippen molar-refractivity contribution in [2.45, 2.75) is 16.8 Å². The van der Waals surface area contributed by atoms with E-state index >= 15 is 0 Å². The van der Waals surface area contributed by atoms with Crippen LogP contribution in [0.25, 0.3) is 11.0 Å². The topological polar surface area (TPSA) is 96.7 Å². The largest absolute Gasteiger partial charge is 0.433 e. The molecule has 0 aliphatic rings. The number of alkyl halides is 3. The zero-order valence-electron chi connectivity index (χ0n) is 15.9. The number of thioether (sulfide) groups is 1. The first-order valence-electron chi connectivity index (χ1n) is 9.09.